The lowest BCUT2D eigenvalue weighted by molar-refractivity contribution is -0.122. The standard InChI is InChI=1S/C19H21NO2/c1-14(22-16-10-3-2-4-11-16)19(21)20-18-13-7-9-15-8-5-6-12-17(15)18/h2-4,7,9-11,13-14H,5-6,8,12H2,1H3,(H,20,21)/t14-/m0/s1. The summed E-state index contributed by atoms with van der Waals surface area (Å²) in [4.78, 5) is 12.4. The number of hydrogen-bond acceptors (Lipinski definition) is 2. The van der Waals surface area contributed by atoms with Crippen LogP contribution in [-0.2, 0) is 17.6 Å². The maximum absolute atomic E-state index is 12.4. The van der Waals surface area contributed by atoms with Crippen LogP contribution in [0.5, 0.6) is 5.75 Å². The number of amides is 1. The molecule has 1 amide bonds. The number of para-hydroxylation sites is 1. The number of aryl methyl sites for hydroxylation is 1. The average molecular weight is 295 g/mol. The highest BCUT2D eigenvalue weighted by atomic mass is 16.5. The Bertz CT molecular complexity index is 652. The number of hydrogen-bond donors (Lipinski definition) is 1. The van der Waals surface area contributed by atoms with E-state index in [2.05, 4.69) is 11.4 Å². The molecule has 114 valence electrons. The number of carbonyl (C=O) groups is 1. The molecule has 3 nitrogen and oxygen atoms in total. The summed E-state index contributed by atoms with van der Waals surface area (Å²) in [5, 5.41) is 3.03. The topological polar surface area (TPSA) is 38.3 Å². The van der Waals surface area contributed by atoms with E-state index in [-0.39, 0.29) is 5.91 Å². The molecule has 1 aliphatic carbocycles. The molecule has 0 aliphatic heterocycles. The predicted molar refractivity (Wildman–Crippen MR) is 88.2 cm³/mol. The van der Waals surface area contributed by atoms with Gasteiger partial charge >= 0.3 is 0 Å². The Morgan fingerprint density at radius 3 is 2.64 bits per heavy atom. The normalized spacial score (nSPS) is 14.8. The minimum absolute atomic E-state index is 0.108. The first-order valence-corrected chi connectivity index (χ1v) is 7.87. The Hall–Kier alpha value is -2.29. The van der Waals surface area contributed by atoms with Crippen molar-refractivity contribution in [3.8, 4) is 5.75 Å². The molecule has 1 N–H and O–H groups in total. The van der Waals surface area contributed by atoms with E-state index in [0.717, 1.165) is 18.5 Å². The highest BCUT2D eigenvalue weighted by Crippen LogP contribution is 2.28. The second kappa shape index (κ2) is 6.65. The molecule has 0 unspecified atom stereocenters. The third-order valence-corrected chi connectivity index (χ3v) is 4.08. The largest absolute Gasteiger partial charge is 0.481 e. The van der Waals surface area contributed by atoms with Gasteiger partial charge in [0.15, 0.2) is 6.10 Å². The molecule has 0 aromatic heterocycles. The highest BCUT2D eigenvalue weighted by Gasteiger charge is 2.18. The molecule has 3 rings (SSSR count). The number of carbonyl (C=O) groups excluding carboxylic acids is 1. The van der Waals surface area contributed by atoms with Gasteiger partial charge in [-0.05, 0) is 61.9 Å². The van der Waals surface area contributed by atoms with Crippen LogP contribution < -0.4 is 10.1 Å². The maximum Gasteiger partial charge on any atom is 0.265 e. The van der Waals surface area contributed by atoms with Gasteiger partial charge in [-0.15, -0.1) is 0 Å². The van der Waals surface area contributed by atoms with Gasteiger partial charge in [-0.1, -0.05) is 30.3 Å². The molecule has 2 aromatic rings. The lowest BCUT2D eigenvalue weighted by Crippen LogP contribution is -2.30. The molecule has 1 atom stereocenters. The molecule has 22 heavy (non-hydrogen) atoms. The summed E-state index contributed by atoms with van der Waals surface area (Å²) in [6, 6.07) is 15.6. The monoisotopic (exact) mass is 295 g/mol. The van der Waals surface area contributed by atoms with Gasteiger partial charge in [-0.3, -0.25) is 4.79 Å². The summed E-state index contributed by atoms with van der Waals surface area (Å²) in [6.45, 7) is 1.78. The number of ether oxygens (including phenoxy) is 1. The van der Waals surface area contributed by atoms with Crippen molar-refractivity contribution in [2.45, 2.75) is 38.7 Å². The van der Waals surface area contributed by atoms with Crippen LogP contribution in [0.3, 0.4) is 0 Å². The van der Waals surface area contributed by atoms with Crippen molar-refractivity contribution in [2.75, 3.05) is 5.32 Å². The summed E-state index contributed by atoms with van der Waals surface area (Å²) in [5.74, 6) is 0.600. The smallest absolute Gasteiger partial charge is 0.265 e. The van der Waals surface area contributed by atoms with Gasteiger partial charge in [-0.25, -0.2) is 0 Å². The summed E-state index contributed by atoms with van der Waals surface area (Å²) < 4.78 is 5.68. The Morgan fingerprint density at radius 1 is 1.05 bits per heavy atom. The second-order valence-corrected chi connectivity index (χ2v) is 5.71. The molecule has 0 saturated carbocycles. The third-order valence-electron chi connectivity index (χ3n) is 4.08. The number of rotatable bonds is 4. The van der Waals surface area contributed by atoms with Crippen molar-refractivity contribution in [1.82, 2.24) is 0 Å². The minimum Gasteiger partial charge on any atom is -0.481 e. The van der Waals surface area contributed by atoms with E-state index in [0.29, 0.717) is 5.75 Å². The molecular formula is C19H21NO2. The van der Waals surface area contributed by atoms with Crippen LogP contribution in [0, 0.1) is 0 Å². The first kappa shape index (κ1) is 14.6. The van der Waals surface area contributed by atoms with E-state index in [1.807, 2.05) is 42.5 Å². The molecule has 0 saturated heterocycles. The molecule has 0 spiro atoms. The molecule has 3 heteroatoms. The van der Waals surface area contributed by atoms with Crippen LogP contribution in [0.4, 0.5) is 5.69 Å². The van der Waals surface area contributed by atoms with Crippen molar-refractivity contribution < 1.29 is 9.53 Å². The lowest BCUT2D eigenvalue weighted by Gasteiger charge is -2.21. The number of fused-ring (bicyclic) bond motifs is 1. The summed E-state index contributed by atoms with van der Waals surface area (Å²) >= 11 is 0. The first-order chi connectivity index (χ1) is 10.7. The fourth-order valence-electron chi connectivity index (χ4n) is 2.89. The third kappa shape index (κ3) is 3.30. The van der Waals surface area contributed by atoms with E-state index < -0.39 is 6.10 Å². The van der Waals surface area contributed by atoms with Crippen molar-refractivity contribution in [3.05, 3.63) is 59.7 Å². The van der Waals surface area contributed by atoms with Crippen LogP contribution in [0.25, 0.3) is 0 Å². The summed E-state index contributed by atoms with van der Waals surface area (Å²) in [6.07, 6.45) is 4.05. The van der Waals surface area contributed by atoms with E-state index in [1.165, 1.54) is 24.0 Å². The predicted octanol–water partition coefficient (Wildman–Crippen LogP) is 3.97. The van der Waals surface area contributed by atoms with Crippen LogP contribution in [0.1, 0.15) is 30.9 Å². The van der Waals surface area contributed by atoms with E-state index in [1.54, 1.807) is 6.92 Å². The number of nitrogens with one attached hydrogen (secondary N) is 1. The summed E-state index contributed by atoms with van der Waals surface area (Å²) in [7, 11) is 0. The Labute approximate surface area is 131 Å². The fraction of sp³-hybridized carbons (Fsp3) is 0.316. The number of benzene rings is 2. The van der Waals surface area contributed by atoms with Gasteiger partial charge < -0.3 is 10.1 Å². The molecule has 0 radical (unpaired) electrons. The molecule has 2 aromatic carbocycles. The zero-order valence-electron chi connectivity index (χ0n) is 12.8. The molecule has 0 fully saturated rings. The maximum atomic E-state index is 12.4. The van der Waals surface area contributed by atoms with Gasteiger partial charge in [0.1, 0.15) is 5.75 Å². The van der Waals surface area contributed by atoms with Crippen LogP contribution in [0.2, 0.25) is 0 Å². The summed E-state index contributed by atoms with van der Waals surface area (Å²) in [5.41, 5.74) is 3.58. The van der Waals surface area contributed by atoms with Gasteiger partial charge in [-0.2, -0.15) is 0 Å². The Morgan fingerprint density at radius 2 is 1.82 bits per heavy atom. The average Bonchev–Trinajstić information content (AvgIpc) is 2.56. The van der Waals surface area contributed by atoms with Gasteiger partial charge in [0.25, 0.3) is 5.91 Å². The molecule has 1 aliphatic rings. The van der Waals surface area contributed by atoms with Crippen molar-refractivity contribution in [3.63, 3.8) is 0 Å². The van der Waals surface area contributed by atoms with E-state index in [4.69, 9.17) is 4.74 Å². The Balaban J connectivity index is 1.69. The van der Waals surface area contributed by atoms with Crippen molar-refractivity contribution in [2.24, 2.45) is 0 Å². The number of anilines is 1. The molecular weight excluding hydrogens is 274 g/mol. The zero-order chi connectivity index (χ0) is 15.4. The van der Waals surface area contributed by atoms with Crippen LogP contribution in [-0.4, -0.2) is 12.0 Å². The van der Waals surface area contributed by atoms with Gasteiger partial charge in [0, 0.05) is 5.69 Å². The van der Waals surface area contributed by atoms with Gasteiger partial charge in [0.05, 0.1) is 0 Å². The highest BCUT2D eigenvalue weighted by molar-refractivity contribution is 5.95. The molecule has 0 bridgehead atoms. The van der Waals surface area contributed by atoms with Crippen molar-refractivity contribution in [1.29, 1.82) is 0 Å². The second-order valence-electron chi connectivity index (χ2n) is 5.71. The SMILES string of the molecule is C[C@H](Oc1ccccc1)C(=O)Nc1cccc2c1CCCC2. The van der Waals surface area contributed by atoms with Crippen LogP contribution in [0.15, 0.2) is 48.5 Å². The lowest BCUT2D eigenvalue weighted by atomic mass is 9.90. The molecule has 0 heterocycles. The van der Waals surface area contributed by atoms with Crippen molar-refractivity contribution >= 4 is 11.6 Å². The van der Waals surface area contributed by atoms with Gasteiger partial charge in [0.2, 0.25) is 0 Å². The van der Waals surface area contributed by atoms with Crippen LogP contribution >= 0.6 is 0 Å². The fourth-order valence-corrected chi connectivity index (χ4v) is 2.89. The minimum atomic E-state index is -0.526. The quantitative estimate of drug-likeness (QED) is 0.926. The Kier molecular flexibility index (Phi) is 4.42. The zero-order valence-corrected chi connectivity index (χ0v) is 12.8. The first-order valence-electron chi connectivity index (χ1n) is 7.87. The van der Waals surface area contributed by atoms with E-state index >= 15 is 0 Å². The van der Waals surface area contributed by atoms with E-state index in [9.17, 15) is 4.79 Å².